The zero-order valence-corrected chi connectivity index (χ0v) is 7.37. The predicted molar refractivity (Wildman–Crippen MR) is 49.0 cm³/mol. The fourth-order valence-corrected chi connectivity index (χ4v) is 1.03. The zero-order valence-electron chi connectivity index (χ0n) is 7.37. The molecular formula is C11H12O. The van der Waals surface area contributed by atoms with Gasteiger partial charge in [0, 0.05) is 11.5 Å². The number of carbonyl (C=O) groups excluding carboxylic acids is 1. The molecule has 0 aliphatic rings. The quantitative estimate of drug-likeness (QED) is 0.608. The second-order valence-electron chi connectivity index (χ2n) is 3.14. The Hall–Kier alpha value is -1.11. The minimum atomic E-state index is 0.0341. The van der Waals surface area contributed by atoms with E-state index >= 15 is 0 Å². The van der Waals surface area contributed by atoms with Crippen molar-refractivity contribution < 1.29 is 4.79 Å². The maximum absolute atomic E-state index is 11.4. The van der Waals surface area contributed by atoms with Gasteiger partial charge in [-0.1, -0.05) is 32.0 Å². The molecule has 62 valence electrons. The van der Waals surface area contributed by atoms with Crippen molar-refractivity contribution in [3.8, 4) is 0 Å². The first-order valence-electron chi connectivity index (χ1n) is 4.01. The fraction of sp³-hybridized carbons (Fsp3) is 0.273. The second kappa shape index (κ2) is 3.53. The van der Waals surface area contributed by atoms with E-state index in [0.717, 1.165) is 0 Å². The minimum Gasteiger partial charge on any atom is -0.294 e. The van der Waals surface area contributed by atoms with Crippen molar-refractivity contribution in [1.29, 1.82) is 0 Å². The van der Waals surface area contributed by atoms with Crippen LogP contribution in [0.1, 0.15) is 29.8 Å². The third-order valence-corrected chi connectivity index (χ3v) is 1.70. The number of hydrogen-bond acceptors (Lipinski definition) is 1. The van der Waals surface area contributed by atoms with Crippen molar-refractivity contribution in [2.24, 2.45) is 5.92 Å². The van der Waals surface area contributed by atoms with Gasteiger partial charge in [-0.3, -0.25) is 4.79 Å². The summed E-state index contributed by atoms with van der Waals surface area (Å²) in [6.45, 7) is 9.31. The van der Waals surface area contributed by atoms with Crippen LogP contribution in [0.25, 0.3) is 0 Å². The van der Waals surface area contributed by atoms with E-state index in [2.05, 4.69) is 0 Å². The SMILES string of the molecule is [CH]c1cccc(C(=O)C(C)C)c1. The van der Waals surface area contributed by atoms with Crippen LogP contribution in [0.4, 0.5) is 0 Å². The summed E-state index contributed by atoms with van der Waals surface area (Å²) in [7, 11) is 0. The summed E-state index contributed by atoms with van der Waals surface area (Å²) in [6.07, 6.45) is 0. The van der Waals surface area contributed by atoms with Crippen LogP contribution < -0.4 is 0 Å². The van der Waals surface area contributed by atoms with E-state index in [-0.39, 0.29) is 11.7 Å². The third-order valence-electron chi connectivity index (χ3n) is 1.70. The smallest absolute Gasteiger partial charge is 0.165 e. The Morgan fingerprint density at radius 3 is 2.58 bits per heavy atom. The first kappa shape index (κ1) is 8.98. The van der Waals surface area contributed by atoms with Gasteiger partial charge in [-0.15, -0.1) is 0 Å². The van der Waals surface area contributed by atoms with Gasteiger partial charge >= 0.3 is 0 Å². The molecule has 0 amide bonds. The Morgan fingerprint density at radius 1 is 1.42 bits per heavy atom. The molecule has 0 atom stereocenters. The highest BCUT2D eigenvalue weighted by molar-refractivity contribution is 5.97. The highest BCUT2D eigenvalue weighted by atomic mass is 16.1. The summed E-state index contributed by atoms with van der Waals surface area (Å²) in [4.78, 5) is 11.4. The molecule has 0 aliphatic heterocycles. The lowest BCUT2D eigenvalue weighted by Gasteiger charge is -2.03. The van der Waals surface area contributed by atoms with Gasteiger partial charge in [0.25, 0.3) is 0 Å². The molecule has 0 aliphatic carbocycles. The topological polar surface area (TPSA) is 17.1 Å². The molecular weight excluding hydrogens is 148 g/mol. The largest absolute Gasteiger partial charge is 0.294 e. The van der Waals surface area contributed by atoms with Crippen molar-refractivity contribution in [3.63, 3.8) is 0 Å². The molecule has 0 heterocycles. The standard InChI is InChI=1S/C11H12O/c1-8(2)11(12)10-6-4-5-9(3)7-10/h3-8H,1-2H3. The lowest BCUT2D eigenvalue weighted by molar-refractivity contribution is 0.0939. The van der Waals surface area contributed by atoms with Crippen LogP contribution in [-0.2, 0) is 0 Å². The third kappa shape index (κ3) is 1.94. The van der Waals surface area contributed by atoms with E-state index < -0.39 is 0 Å². The molecule has 1 aromatic carbocycles. The summed E-state index contributed by atoms with van der Waals surface area (Å²) < 4.78 is 0. The molecule has 0 saturated carbocycles. The Kier molecular flexibility index (Phi) is 2.64. The van der Waals surface area contributed by atoms with E-state index in [4.69, 9.17) is 6.92 Å². The first-order valence-corrected chi connectivity index (χ1v) is 4.01. The van der Waals surface area contributed by atoms with Gasteiger partial charge in [0.2, 0.25) is 0 Å². The monoisotopic (exact) mass is 160 g/mol. The lowest BCUT2D eigenvalue weighted by Crippen LogP contribution is -2.07. The molecule has 1 rings (SSSR count). The van der Waals surface area contributed by atoms with Gasteiger partial charge in [-0.2, -0.15) is 0 Å². The van der Waals surface area contributed by atoms with E-state index in [1.54, 1.807) is 24.3 Å². The Balaban J connectivity index is 2.96. The van der Waals surface area contributed by atoms with Crippen LogP contribution in [-0.4, -0.2) is 5.78 Å². The van der Waals surface area contributed by atoms with Gasteiger partial charge in [0.05, 0.1) is 0 Å². The molecule has 12 heavy (non-hydrogen) atoms. The Bertz CT molecular complexity index is 287. The first-order chi connectivity index (χ1) is 5.61. The maximum atomic E-state index is 11.4. The fourth-order valence-electron chi connectivity index (χ4n) is 1.03. The van der Waals surface area contributed by atoms with Crippen LogP contribution in [0.2, 0.25) is 0 Å². The molecule has 0 bridgehead atoms. The Morgan fingerprint density at radius 2 is 2.08 bits per heavy atom. The molecule has 0 unspecified atom stereocenters. The van der Waals surface area contributed by atoms with Gasteiger partial charge in [0.1, 0.15) is 0 Å². The highest BCUT2D eigenvalue weighted by Crippen LogP contribution is 2.09. The normalized spacial score (nSPS) is 10.3. The number of hydrogen-bond donors (Lipinski definition) is 0. The summed E-state index contributed by atoms with van der Waals surface area (Å²) in [5, 5.41) is 0. The summed E-state index contributed by atoms with van der Waals surface area (Å²) in [5.41, 5.74) is 1.34. The summed E-state index contributed by atoms with van der Waals surface area (Å²) in [6, 6.07) is 7.07. The maximum Gasteiger partial charge on any atom is 0.165 e. The second-order valence-corrected chi connectivity index (χ2v) is 3.14. The molecule has 2 radical (unpaired) electrons. The number of rotatable bonds is 2. The van der Waals surface area contributed by atoms with E-state index in [1.807, 2.05) is 13.8 Å². The van der Waals surface area contributed by atoms with Crippen molar-refractivity contribution in [3.05, 3.63) is 42.3 Å². The van der Waals surface area contributed by atoms with E-state index in [1.165, 1.54) is 0 Å². The molecule has 1 heteroatoms. The van der Waals surface area contributed by atoms with Gasteiger partial charge < -0.3 is 0 Å². The lowest BCUT2D eigenvalue weighted by atomic mass is 10.00. The molecule has 1 aromatic rings. The van der Waals surface area contributed by atoms with Crippen molar-refractivity contribution in [1.82, 2.24) is 0 Å². The molecule has 0 fully saturated rings. The molecule has 0 aromatic heterocycles. The van der Waals surface area contributed by atoms with Gasteiger partial charge in [0.15, 0.2) is 5.78 Å². The number of ketones is 1. The number of carbonyl (C=O) groups is 1. The minimum absolute atomic E-state index is 0.0341. The average Bonchev–Trinajstić information content (AvgIpc) is 2.03. The molecule has 0 saturated heterocycles. The van der Waals surface area contributed by atoms with Crippen LogP contribution in [0.15, 0.2) is 24.3 Å². The van der Waals surface area contributed by atoms with E-state index in [0.29, 0.717) is 11.1 Å². The molecule has 0 N–H and O–H groups in total. The predicted octanol–water partition coefficient (Wildman–Crippen LogP) is 2.58. The van der Waals surface area contributed by atoms with Gasteiger partial charge in [-0.05, 0) is 18.6 Å². The Labute approximate surface area is 73.4 Å². The summed E-state index contributed by atoms with van der Waals surface area (Å²) >= 11 is 0. The van der Waals surface area contributed by atoms with Crippen molar-refractivity contribution in [2.75, 3.05) is 0 Å². The van der Waals surface area contributed by atoms with Crippen LogP contribution >= 0.6 is 0 Å². The number of benzene rings is 1. The van der Waals surface area contributed by atoms with Crippen LogP contribution in [0, 0.1) is 12.8 Å². The zero-order chi connectivity index (χ0) is 9.14. The summed E-state index contributed by atoms with van der Waals surface area (Å²) in [5.74, 6) is 0.175. The van der Waals surface area contributed by atoms with E-state index in [9.17, 15) is 4.79 Å². The average molecular weight is 160 g/mol. The van der Waals surface area contributed by atoms with Crippen molar-refractivity contribution in [2.45, 2.75) is 13.8 Å². The van der Waals surface area contributed by atoms with Crippen molar-refractivity contribution >= 4 is 5.78 Å². The highest BCUT2D eigenvalue weighted by Gasteiger charge is 2.09. The molecule has 0 spiro atoms. The number of Topliss-reactive ketones (excluding diaryl/α,β-unsaturated/α-hetero) is 1. The molecule has 1 nitrogen and oxygen atoms in total. The van der Waals surface area contributed by atoms with Gasteiger partial charge in [-0.25, -0.2) is 0 Å². The van der Waals surface area contributed by atoms with Crippen LogP contribution in [0.5, 0.6) is 0 Å². The van der Waals surface area contributed by atoms with Crippen LogP contribution in [0.3, 0.4) is 0 Å².